The number of hydrogen-bond donors (Lipinski definition) is 2. The van der Waals surface area contributed by atoms with Crippen LogP contribution in [0.15, 0.2) is 27.6 Å². The first-order valence-electron chi connectivity index (χ1n) is 4.75. The van der Waals surface area contributed by atoms with Crippen LogP contribution in [0.3, 0.4) is 0 Å². The van der Waals surface area contributed by atoms with Gasteiger partial charge in [-0.2, -0.15) is 0 Å². The van der Waals surface area contributed by atoms with E-state index in [1.54, 1.807) is 12.1 Å². The molecule has 0 heterocycles. The number of sulfone groups is 1. The van der Waals surface area contributed by atoms with Crippen molar-refractivity contribution in [2.45, 2.75) is 17.4 Å². The van der Waals surface area contributed by atoms with Gasteiger partial charge in [0.15, 0.2) is 9.84 Å². The van der Waals surface area contributed by atoms with Gasteiger partial charge in [-0.3, -0.25) is 4.79 Å². The summed E-state index contributed by atoms with van der Waals surface area (Å²) in [6.07, 6.45) is 0.999. The molecule has 1 unspecified atom stereocenters. The summed E-state index contributed by atoms with van der Waals surface area (Å²) in [5.41, 5.74) is 11.2. The first kappa shape index (κ1) is 14.1. The first-order valence-corrected chi connectivity index (χ1v) is 7.43. The Hall–Kier alpha value is -0.920. The lowest BCUT2D eigenvalue weighted by Gasteiger charge is -2.14. The van der Waals surface area contributed by atoms with Crippen molar-refractivity contribution in [1.82, 2.24) is 0 Å². The maximum absolute atomic E-state index is 11.6. The van der Waals surface area contributed by atoms with Gasteiger partial charge < -0.3 is 11.5 Å². The summed E-state index contributed by atoms with van der Waals surface area (Å²) in [5, 5.41) is 0. The zero-order valence-electron chi connectivity index (χ0n) is 9.18. The Kier molecular flexibility index (Phi) is 4.29. The lowest BCUT2D eigenvalue weighted by atomic mass is 10.0. The highest BCUT2D eigenvalue weighted by atomic mass is 79.9. The molecule has 0 spiro atoms. The molecule has 94 valence electrons. The van der Waals surface area contributed by atoms with Crippen LogP contribution >= 0.6 is 15.9 Å². The van der Waals surface area contributed by atoms with Gasteiger partial charge in [0, 0.05) is 23.2 Å². The molecule has 7 heteroatoms. The zero-order chi connectivity index (χ0) is 13.2. The molecule has 0 aliphatic carbocycles. The SMILES string of the molecule is CS(=O)(=O)c1cc(Br)ccc1C(N)CC(N)=O. The van der Waals surface area contributed by atoms with Crippen molar-refractivity contribution in [2.75, 3.05) is 6.26 Å². The number of primary amides is 1. The minimum absolute atomic E-state index is 0.0931. The van der Waals surface area contributed by atoms with E-state index in [0.29, 0.717) is 10.0 Å². The maximum atomic E-state index is 11.6. The van der Waals surface area contributed by atoms with Crippen molar-refractivity contribution < 1.29 is 13.2 Å². The second-order valence-corrected chi connectivity index (χ2v) is 6.63. The monoisotopic (exact) mass is 320 g/mol. The summed E-state index contributed by atoms with van der Waals surface area (Å²) < 4.78 is 23.8. The van der Waals surface area contributed by atoms with E-state index in [4.69, 9.17) is 11.5 Å². The van der Waals surface area contributed by atoms with Crippen molar-refractivity contribution in [1.29, 1.82) is 0 Å². The van der Waals surface area contributed by atoms with Crippen LogP contribution < -0.4 is 11.5 Å². The number of halogens is 1. The molecule has 0 radical (unpaired) electrons. The average Bonchev–Trinajstić information content (AvgIpc) is 2.14. The molecule has 0 aromatic heterocycles. The van der Waals surface area contributed by atoms with Gasteiger partial charge in [0.1, 0.15) is 0 Å². The normalized spacial score (nSPS) is 13.4. The summed E-state index contributed by atoms with van der Waals surface area (Å²) in [5.74, 6) is -0.570. The molecule has 17 heavy (non-hydrogen) atoms. The number of rotatable bonds is 4. The summed E-state index contributed by atoms with van der Waals surface area (Å²) in [6, 6.07) is 4.00. The van der Waals surface area contributed by atoms with E-state index in [0.717, 1.165) is 6.26 Å². The Labute approximate surface area is 108 Å². The van der Waals surface area contributed by atoms with E-state index in [-0.39, 0.29) is 11.3 Å². The van der Waals surface area contributed by atoms with Crippen LogP contribution in [-0.2, 0) is 14.6 Å². The maximum Gasteiger partial charge on any atom is 0.219 e. The number of hydrogen-bond acceptors (Lipinski definition) is 4. The molecule has 5 nitrogen and oxygen atoms in total. The second-order valence-electron chi connectivity index (χ2n) is 3.73. The minimum atomic E-state index is -3.40. The van der Waals surface area contributed by atoms with E-state index in [1.165, 1.54) is 6.07 Å². The van der Waals surface area contributed by atoms with E-state index >= 15 is 0 Å². The van der Waals surface area contributed by atoms with Gasteiger partial charge in [-0.1, -0.05) is 22.0 Å². The molecule has 1 atom stereocenters. The fourth-order valence-corrected chi connectivity index (χ4v) is 2.96. The van der Waals surface area contributed by atoms with Gasteiger partial charge in [0.05, 0.1) is 4.90 Å². The molecule has 0 fully saturated rings. The largest absolute Gasteiger partial charge is 0.370 e. The molecule has 1 aromatic carbocycles. The van der Waals surface area contributed by atoms with E-state index < -0.39 is 21.8 Å². The van der Waals surface area contributed by atoms with Crippen LogP contribution in [0.5, 0.6) is 0 Å². The topological polar surface area (TPSA) is 103 Å². The van der Waals surface area contributed by atoms with Crippen molar-refractivity contribution in [2.24, 2.45) is 11.5 Å². The number of carbonyl (C=O) groups is 1. The summed E-state index contributed by atoms with van der Waals surface area (Å²) in [7, 11) is -3.40. The van der Waals surface area contributed by atoms with Gasteiger partial charge in [-0.15, -0.1) is 0 Å². The molecular weight excluding hydrogens is 308 g/mol. The highest BCUT2D eigenvalue weighted by Crippen LogP contribution is 2.26. The number of nitrogens with two attached hydrogens (primary N) is 2. The molecule has 0 aliphatic rings. The lowest BCUT2D eigenvalue weighted by Crippen LogP contribution is -2.22. The number of benzene rings is 1. The van der Waals surface area contributed by atoms with E-state index in [2.05, 4.69) is 15.9 Å². The van der Waals surface area contributed by atoms with Crippen molar-refractivity contribution in [3.05, 3.63) is 28.2 Å². The van der Waals surface area contributed by atoms with Gasteiger partial charge >= 0.3 is 0 Å². The summed E-state index contributed by atoms with van der Waals surface area (Å²) in [4.78, 5) is 10.9. The van der Waals surface area contributed by atoms with E-state index in [9.17, 15) is 13.2 Å². The molecule has 0 saturated carbocycles. The Morgan fingerprint density at radius 3 is 2.53 bits per heavy atom. The predicted octanol–water partition coefficient (Wildman–Crippen LogP) is 0.728. The second kappa shape index (κ2) is 5.16. The Morgan fingerprint density at radius 1 is 1.47 bits per heavy atom. The van der Waals surface area contributed by atoms with Crippen molar-refractivity contribution >= 4 is 31.7 Å². The van der Waals surface area contributed by atoms with Crippen LogP contribution in [0.2, 0.25) is 0 Å². The van der Waals surface area contributed by atoms with Gasteiger partial charge in [0.2, 0.25) is 5.91 Å². The van der Waals surface area contributed by atoms with Crippen LogP contribution in [0, 0.1) is 0 Å². The summed E-state index contributed by atoms with van der Waals surface area (Å²) >= 11 is 3.19. The van der Waals surface area contributed by atoms with Crippen molar-refractivity contribution in [3.8, 4) is 0 Å². The third kappa shape index (κ3) is 3.79. The third-order valence-electron chi connectivity index (χ3n) is 2.20. The van der Waals surface area contributed by atoms with Gasteiger partial charge in [-0.05, 0) is 17.7 Å². The molecule has 1 rings (SSSR count). The Balaban J connectivity index is 3.29. The van der Waals surface area contributed by atoms with Gasteiger partial charge in [0.25, 0.3) is 0 Å². The fourth-order valence-electron chi connectivity index (χ4n) is 1.46. The smallest absolute Gasteiger partial charge is 0.219 e. The standard InChI is InChI=1S/C10H13BrN2O3S/c1-17(15,16)9-4-6(11)2-3-7(9)8(12)5-10(13)14/h2-4,8H,5,12H2,1H3,(H2,13,14). The third-order valence-corrected chi connectivity index (χ3v) is 3.84. The van der Waals surface area contributed by atoms with Crippen molar-refractivity contribution in [3.63, 3.8) is 0 Å². The Bertz CT molecular complexity index is 542. The van der Waals surface area contributed by atoms with Crippen LogP contribution in [0.25, 0.3) is 0 Å². The molecule has 4 N–H and O–H groups in total. The predicted molar refractivity (Wildman–Crippen MR) is 68.0 cm³/mol. The van der Waals surface area contributed by atoms with Crippen LogP contribution in [-0.4, -0.2) is 20.6 Å². The molecular formula is C10H13BrN2O3S. The lowest BCUT2D eigenvalue weighted by molar-refractivity contribution is -0.118. The molecule has 1 amide bonds. The zero-order valence-corrected chi connectivity index (χ0v) is 11.6. The highest BCUT2D eigenvalue weighted by Gasteiger charge is 2.19. The molecule has 0 aliphatic heterocycles. The van der Waals surface area contributed by atoms with E-state index in [1.807, 2.05) is 0 Å². The Morgan fingerprint density at radius 2 is 2.06 bits per heavy atom. The number of amides is 1. The van der Waals surface area contributed by atoms with Crippen LogP contribution in [0.4, 0.5) is 0 Å². The highest BCUT2D eigenvalue weighted by molar-refractivity contribution is 9.10. The fraction of sp³-hybridized carbons (Fsp3) is 0.300. The molecule has 1 aromatic rings. The average molecular weight is 321 g/mol. The minimum Gasteiger partial charge on any atom is -0.370 e. The molecule has 0 bridgehead atoms. The van der Waals surface area contributed by atoms with Crippen LogP contribution in [0.1, 0.15) is 18.0 Å². The van der Waals surface area contributed by atoms with Gasteiger partial charge in [-0.25, -0.2) is 8.42 Å². The number of carbonyl (C=O) groups excluding carboxylic acids is 1. The quantitative estimate of drug-likeness (QED) is 0.853. The molecule has 0 saturated heterocycles. The first-order chi connectivity index (χ1) is 7.71. The summed E-state index contributed by atoms with van der Waals surface area (Å²) in [6.45, 7) is 0.